The van der Waals surface area contributed by atoms with E-state index in [1.807, 2.05) is 28.8 Å². The van der Waals surface area contributed by atoms with Gasteiger partial charge in [0.25, 0.3) is 0 Å². The number of nitrogens with zero attached hydrogens (tertiary/aromatic N) is 6. The average molecular weight is 460 g/mol. The van der Waals surface area contributed by atoms with Crippen LogP contribution in [0.5, 0.6) is 5.75 Å². The number of hydrogen-bond acceptors (Lipinski definition) is 7. The number of aromatic nitrogens is 5. The summed E-state index contributed by atoms with van der Waals surface area (Å²) < 4.78 is 22.2. The van der Waals surface area contributed by atoms with Crippen molar-refractivity contribution >= 4 is 17.0 Å². The SMILES string of the molecule is Cc1nc(N)c2nc(-c3cncc(F)c3)n(Cc3ccc(O[C@@H]4CN5CCC4CC5)cc3)c2n1. The summed E-state index contributed by atoms with van der Waals surface area (Å²) in [6, 6.07) is 9.54. The second kappa shape index (κ2) is 8.32. The van der Waals surface area contributed by atoms with Crippen molar-refractivity contribution in [1.82, 2.24) is 29.4 Å². The average Bonchev–Trinajstić information content (AvgIpc) is 3.20. The van der Waals surface area contributed by atoms with Crippen LogP contribution in [0.15, 0.2) is 42.7 Å². The number of ether oxygens (including phenoxy) is 1. The molecule has 2 N–H and O–H groups in total. The van der Waals surface area contributed by atoms with Gasteiger partial charge in [-0.1, -0.05) is 12.1 Å². The summed E-state index contributed by atoms with van der Waals surface area (Å²) in [5, 5.41) is 0. The Morgan fingerprint density at radius 3 is 2.59 bits per heavy atom. The van der Waals surface area contributed by atoms with Crippen LogP contribution in [-0.4, -0.2) is 55.1 Å². The van der Waals surface area contributed by atoms with E-state index in [1.54, 1.807) is 13.1 Å². The maximum absolute atomic E-state index is 13.9. The highest BCUT2D eigenvalue weighted by atomic mass is 19.1. The van der Waals surface area contributed by atoms with Gasteiger partial charge in [-0.3, -0.25) is 9.88 Å². The Balaban J connectivity index is 1.31. The normalized spacial score (nSPS) is 21.8. The van der Waals surface area contributed by atoms with Crippen LogP contribution in [0, 0.1) is 18.7 Å². The van der Waals surface area contributed by atoms with Crippen molar-refractivity contribution in [1.29, 1.82) is 0 Å². The zero-order valence-corrected chi connectivity index (χ0v) is 19.0. The molecular weight excluding hydrogens is 433 g/mol. The molecule has 3 saturated heterocycles. The number of halogens is 1. The van der Waals surface area contributed by atoms with Crippen molar-refractivity contribution in [3.05, 3.63) is 59.9 Å². The summed E-state index contributed by atoms with van der Waals surface area (Å²) in [5.74, 6) is 2.50. The Kier molecular flexibility index (Phi) is 5.13. The molecule has 174 valence electrons. The monoisotopic (exact) mass is 459 g/mol. The molecule has 0 spiro atoms. The van der Waals surface area contributed by atoms with E-state index < -0.39 is 5.82 Å². The molecule has 0 unspecified atom stereocenters. The van der Waals surface area contributed by atoms with E-state index in [-0.39, 0.29) is 6.10 Å². The van der Waals surface area contributed by atoms with Crippen molar-refractivity contribution in [3.63, 3.8) is 0 Å². The summed E-state index contributed by atoms with van der Waals surface area (Å²) in [6.07, 6.45) is 5.46. The van der Waals surface area contributed by atoms with Gasteiger partial charge in [-0.15, -0.1) is 0 Å². The van der Waals surface area contributed by atoms with Gasteiger partial charge in [0, 0.05) is 18.3 Å². The van der Waals surface area contributed by atoms with Crippen LogP contribution in [0.25, 0.3) is 22.6 Å². The summed E-state index contributed by atoms with van der Waals surface area (Å²) in [6.45, 7) is 5.67. The first kappa shape index (κ1) is 21.0. The fraction of sp³-hybridized carbons (Fsp3) is 0.360. The molecule has 7 rings (SSSR count). The molecule has 1 aromatic carbocycles. The summed E-state index contributed by atoms with van der Waals surface area (Å²) in [4.78, 5) is 20.0. The summed E-state index contributed by atoms with van der Waals surface area (Å²) in [7, 11) is 0. The maximum atomic E-state index is 13.9. The molecule has 1 atom stereocenters. The molecule has 3 aliphatic heterocycles. The van der Waals surface area contributed by atoms with Crippen LogP contribution in [0.1, 0.15) is 24.2 Å². The number of nitrogens with two attached hydrogens (primary N) is 1. The lowest BCUT2D eigenvalue weighted by Crippen LogP contribution is -2.52. The Morgan fingerprint density at radius 2 is 1.88 bits per heavy atom. The largest absolute Gasteiger partial charge is 0.489 e. The third kappa shape index (κ3) is 3.86. The zero-order chi connectivity index (χ0) is 23.2. The smallest absolute Gasteiger partial charge is 0.166 e. The minimum absolute atomic E-state index is 0.265. The van der Waals surface area contributed by atoms with Crippen molar-refractivity contribution < 1.29 is 9.13 Å². The first-order chi connectivity index (χ1) is 16.5. The van der Waals surface area contributed by atoms with Crippen LogP contribution in [-0.2, 0) is 6.54 Å². The fourth-order valence-electron chi connectivity index (χ4n) is 5.11. The second-order valence-corrected chi connectivity index (χ2v) is 9.18. The predicted molar refractivity (Wildman–Crippen MR) is 127 cm³/mol. The second-order valence-electron chi connectivity index (χ2n) is 9.18. The molecule has 6 heterocycles. The highest BCUT2D eigenvalue weighted by Crippen LogP contribution is 2.31. The highest BCUT2D eigenvalue weighted by Gasteiger charge is 2.35. The van der Waals surface area contributed by atoms with E-state index in [4.69, 9.17) is 10.5 Å². The van der Waals surface area contributed by atoms with Gasteiger partial charge in [0.15, 0.2) is 17.0 Å². The van der Waals surface area contributed by atoms with Gasteiger partial charge in [-0.05, 0) is 62.5 Å². The summed E-state index contributed by atoms with van der Waals surface area (Å²) >= 11 is 0. The Bertz CT molecular complexity index is 1350. The molecular formula is C25H26FN7O. The standard InChI is InChI=1S/C25H26FN7O/c1-15-29-23(27)22-25(30-15)33(24(31-22)18-10-19(26)12-28-11-18)13-16-2-4-20(5-3-16)34-21-14-32-8-6-17(21)7-9-32/h2-5,10-12,17,21H,6-9,13-14H2,1H3,(H2,27,29,30)/t21-/m1/s1. The lowest BCUT2D eigenvalue weighted by atomic mass is 9.86. The minimum atomic E-state index is -0.430. The molecule has 9 heteroatoms. The van der Waals surface area contributed by atoms with Crippen LogP contribution in [0.3, 0.4) is 0 Å². The number of nitrogen functional groups attached to an aromatic ring is 1. The summed E-state index contributed by atoms with van der Waals surface area (Å²) in [5.41, 5.74) is 8.84. The van der Waals surface area contributed by atoms with Gasteiger partial charge >= 0.3 is 0 Å². The number of anilines is 1. The van der Waals surface area contributed by atoms with Crippen molar-refractivity contribution in [2.75, 3.05) is 25.4 Å². The van der Waals surface area contributed by atoms with Gasteiger partial charge in [0.05, 0.1) is 12.7 Å². The molecule has 34 heavy (non-hydrogen) atoms. The Morgan fingerprint density at radius 1 is 1.09 bits per heavy atom. The number of rotatable bonds is 5. The molecule has 3 fully saturated rings. The van der Waals surface area contributed by atoms with E-state index in [2.05, 4.69) is 24.8 Å². The van der Waals surface area contributed by atoms with Gasteiger partial charge < -0.3 is 15.0 Å². The van der Waals surface area contributed by atoms with Crippen molar-refractivity contribution in [2.24, 2.45) is 5.92 Å². The molecule has 0 aliphatic carbocycles. The molecule has 3 aliphatic rings. The third-order valence-corrected chi connectivity index (χ3v) is 6.84. The van der Waals surface area contributed by atoms with E-state index in [1.165, 1.54) is 38.2 Å². The molecule has 4 aromatic rings. The highest BCUT2D eigenvalue weighted by molar-refractivity contribution is 5.85. The van der Waals surface area contributed by atoms with Crippen molar-refractivity contribution in [3.8, 4) is 17.1 Å². The number of hydrogen-bond donors (Lipinski definition) is 1. The van der Waals surface area contributed by atoms with E-state index in [9.17, 15) is 4.39 Å². The quantitative estimate of drug-likeness (QED) is 0.488. The number of pyridine rings is 1. The van der Waals surface area contributed by atoms with Crippen LogP contribution in [0.2, 0.25) is 0 Å². The number of aryl methyl sites for hydroxylation is 1. The molecule has 2 bridgehead atoms. The van der Waals surface area contributed by atoms with Gasteiger partial charge in [-0.2, -0.15) is 0 Å². The Labute approximate surface area is 196 Å². The maximum Gasteiger partial charge on any atom is 0.166 e. The van der Waals surface area contributed by atoms with Gasteiger partial charge in [0.1, 0.15) is 29.3 Å². The Hall–Kier alpha value is -3.59. The van der Waals surface area contributed by atoms with E-state index in [0.717, 1.165) is 17.9 Å². The van der Waals surface area contributed by atoms with Gasteiger partial charge in [0.2, 0.25) is 0 Å². The predicted octanol–water partition coefficient (Wildman–Crippen LogP) is 3.44. The molecule has 3 aromatic heterocycles. The molecule has 8 nitrogen and oxygen atoms in total. The lowest BCUT2D eigenvalue weighted by Gasteiger charge is -2.44. The van der Waals surface area contributed by atoms with E-state index in [0.29, 0.717) is 46.7 Å². The van der Waals surface area contributed by atoms with Crippen LogP contribution in [0.4, 0.5) is 10.2 Å². The van der Waals surface area contributed by atoms with Gasteiger partial charge in [-0.25, -0.2) is 19.3 Å². The first-order valence-corrected chi connectivity index (χ1v) is 11.6. The molecule has 0 saturated carbocycles. The topological polar surface area (TPSA) is 95.0 Å². The zero-order valence-electron chi connectivity index (χ0n) is 19.0. The first-order valence-electron chi connectivity index (χ1n) is 11.6. The number of fused-ring (bicyclic) bond motifs is 4. The lowest BCUT2D eigenvalue weighted by molar-refractivity contribution is -0.00776. The van der Waals surface area contributed by atoms with Crippen LogP contribution >= 0.6 is 0 Å². The molecule has 0 radical (unpaired) electrons. The third-order valence-electron chi connectivity index (χ3n) is 6.84. The van der Waals surface area contributed by atoms with Crippen LogP contribution < -0.4 is 10.5 Å². The number of piperidine rings is 3. The number of imidazole rings is 1. The number of benzene rings is 1. The minimum Gasteiger partial charge on any atom is -0.489 e. The van der Waals surface area contributed by atoms with E-state index >= 15 is 0 Å². The van der Waals surface area contributed by atoms with Crippen molar-refractivity contribution in [2.45, 2.75) is 32.4 Å². The fourth-order valence-corrected chi connectivity index (χ4v) is 5.11. The molecule has 0 amide bonds.